The molecule has 0 radical (unpaired) electrons. The molecule has 0 amide bonds. The first kappa shape index (κ1) is 18.9. The molecule has 1 aromatic heterocycles. The van der Waals surface area contributed by atoms with Gasteiger partial charge in [-0.15, -0.1) is 0 Å². The number of carbonyl (C=O) groups is 2. The predicted molar refractivity (Wildman–Crippen MR) is 91.9 cm³/mol. The van der Waals surface area contributed by atoms with Gasteiger partial charge in [0, 0.05) is 32.1 Å². The van der Waals surface area contributed by atoms with Crippen LogP contribution in [0.3, 0.4) is 0 Å². The second-order valence-electron chi connectivity index (χ2n) is 5.55. The van der Waals surface area contributed by atoms with Crippen LogP contribution in [-0.4, -0.2) is 36.4 Å². The monoisotopic (exact) mass is 364 g/mol. The summed E-state index contributed by atoms with van der Waals surface area (Å²) in [5, 5.41) is 8.65. The Bertz CT molecular complexity index is 856. The van der Waals surface area contributed by atoms with Crippen LogP contribution in [0.2, 0.25) is 0 Å². The first-order valence-corrected chi connectivity index (χ1v) is 9.24. The van der Waals surface area contributed by atoms with Gasteiger partial charge in [0.15, 0.2) is 5.78 Å². The molecule has 25 heavy (non-hydrogen) atoms. The second-order valence-corrected chi connectivity index (χ2v) is 7.31. The number of rotatable bonds is 9. The van der Waals surface area contributed by atoms with Crippen molar-refractivity contribution in [1.29, 1.82) is 0 Å². The Hall–Kier alpha value is -2.45. The van der Waals surface area contributed by atoms with Crippen LogP contribution in [0, 0.1) is 0 Å². The molecule has 134 valence electrons. The number of hydrogen-bond acceptors (Lipinski definition) is 4. The second kappa shape index (κ2) is 8.09. The number of aliphatic carboxylic acids is 1. The van der Waals surface area contributed by atoms with E-state index in [1.165, 1.54) is 12.1 Å². The molecule has 0 atom stereocenters. The summed E-state index contributed by atoms with van der Waals surface area (Å²) >= 11 is 0. The minimum absolute atomic E-state index is 0.0622. The summed E-state index contributed by atoms with van der Waals surface area (Å²) in [6.45, 7) is 0.192. The van der Waals surface area contributed by atoms with Crippen molar-refractivity contribution in [1.82, 2.24) is 9.29 Å². The average molecular weight is 364 g/mol. The van der Waals surface area contributed by atoms with Gasteiger partial charge in [0.05, 0.1) is 17.0 Å². The highest BCUT2D eigenvalue weighted by molar-refractivity contribution is 7.89. The number of aromatic nitrogens is 1. The molecule has 0 fully saturated rings. The van der Waals surface area contributed by atoms with Crippen molar-refractivity contribution < 1.29 is 23.1 Å². The number of carboxylic acid groups (broad SMARTS) is 1. The van der Waals surface area contributed by atoms with Crippen molar-refractivity contribution in [2.45, 2.75) is 24.2 Å². The highest BCUT2D eigenvalue weighted by Gasteiger charge is 2.15. The normalized spacial score (nSPS) is 11.4. The van der Waals surface area contributed by atoms with E-state index in [1.807, 2.05) is 0 Å². The summed E-state index contributed by atoms with van der Waals surface area (Å²) in [5.41, 5.74) is 1.21. The number of nitrogens with zero attached hydrogens (tertiary/aromatic N) is 1. The zero-order valence-corrected chi connectivity index (χ0v) is 14.6. The first-order valence-electron chi connectivity index (χ1n) is 7.75. The van der Waals surface area contributed by atoms with Crippen molar-refractivity contribution in [3.05, 3.63) is 53.9 Å². The molecular weight excluding hydrogens is 344 g/mol. The van der Waals surface area contributed by atoms with E-state index in [4.69, 9.17) is 5.11 Å². The average Bonchev–Trinajstić information content (AvgIpc) is 2.94. The lowest BCUT2D eigenvalue weighted by Gasteiger charge is -2.09. The molecule has 0 aliphatic carbocycles. The van der Waals surface area contributed by atoms with Crippen LogP contribution in [0.25, 0.3) is 0 Å². The number of carbonyl (C=O) groups excluding carboxylic acids is 1. The lowest BCUT2D eigenvalue weighted by Crippen LogP contribution is -2.26. The molecule has 2 aromatic rings. The van der Waals surface area contributed by atoms with E-state index in [9.17, 15) is 18.0 Å². The lowest BCUT2D eigenvalue weighted by molar-refractivity contribution is -0.136. The third-order valence-corrected chi connectivity index (χ3v) is 5.28. The van der Waals surface area contributed by atoms with Gasteiger partial charge in [-0.1, -0.05) is 18.2 Å². The Morgan fingerprint density at radius 1 is 1.08 bits per heavy atom. The summed E-state index contributed by atoms with van der Waals surface area (Å²) in [4.78, 5) is 22.8. The predicted octanol–water partition coefficient (Wildman–Crippen LogP) is 1.59. The van der Waals surface area contributed by atoms with Gasteiger partial charge in [-0.25, -0.2) is 13.1 Å². The van der Waals surface area contributed by atoms with Crippen LogP contribution in [0.1, 0.15) is 29.0 Å². The van der Waals surface area contributed by atoms with Crippen molar-refractivity contribution in [2.24, 2.45) is 7.05 Å². The molecule has 2 rings (SSSR count). The Morgan fingerprint density at radius 2 is 1.76 bits per heavy atom. The SMILES string of the molecule is Cn1c(CCNS(=O)(=O)c2ccccc2)ccc1C(=O)CCC(=O)O. The van der Waals surface area contributed by atoms with E-state index in [0.717, 1.165) is 5.69 Å². The smallest absolute Gasteiger partial charge is 0.303 e. The molecule has 7 nitrogen and oxygen atoms in total. The van der Waals surface area contributed by atoms with E-state index < -0.39 is 16.0 Å². The minimum Gasteiger partial charge on any atom is -0.481 e. The fourth-order valence-electron chi connectivity index (χ4n) is 2.43. The van der Waals surface area contributed by atoms with Gasteiger partial charge < -0.3 is 9.67 Å². The zero-order chi connectivity index (χ0) is 18.4. The van der Waals surface area contributed by atoms with Crippen molar-refractivity contribution in [2.75, 3.05) is 6.54 Å². The summed E-state index contributed by atoms with van der Waals surface area (Å²) < 4.78 is 28.5. The van der Waals surface area contributed by atoms with Crippen LogP contribution < -0.4 is 4.72 Å². The molecule has 0 bridgehead atoms. The Balaban J connectivity index is 1.96. The molecule has 0 saturated heterocycles. The summed E-state index contributed by atoms with van der Waals surface area (Å²) in [7, 11) is -1.86. The minimum atomic E-state index is -3.56. The number of nitrogens with one attached hydrogen (secondary N) is 1. The molecule has 0 aliphatic rings. The van der Waals surface area contributed by atoms with Crippen LogP contribution in [0.15, 0.2) is 47.4 Å². The zero-order valence-electron chi connectivity index (χ0n) is 13.8. The maximum Gasteiger partial charge on any atom is 0.303 e. The van der Waals surface area contributed by atoms with Gasteiger partial charge in [-0.3, -0.25) is 9.59 Å². The fraction of sp³-hybridized carbons (Fsp3) is 0.294. The van der Waals surface area contributed by atoms with Crippen LogP contribution in [0.5, 0.6) is 0 Å². The van der Waals surface area contributed by atoms with Crippen LogP contribution in [0.4, 0.5) is 0 Å². The lowest BCUT2D eigenvalue weighted by atomic mass is 10.2. The topological polar surface area (TPSA) is 105 Å². The standard InChI is InChI=1S/C17H20N2O5S/c1-19-13(7-8-15(19)16(20)9-10-17(21)22)11-12-18-25(23,24)14-5-3-2-4-6-14/h2-8,18H,9-12H2,1H3,(H,21,22). The third kappa shape index (κ3) is 5.01. The van der Waals surface area contributed by atoms with E-state index in [-0.39, 0.29) is 30.1 Å². The Morgan fingerprint density at radius 3 is 2.40 bits per heavy atom. The van der Waals surface area contributed by atoms with E-state index >= 15 is 0 Å². The van der Waals surface area contributed by atoms with Crippen LogP contribution in [-0.2, 0) is 28.3 Å². The van der Waals surface area contributed by atoms with Crippen molar-refractivity contribution in [3.63, 3.8) is 0 Å². The quantitative estimate of drug-likeness (QED) is 0.658. The largest absolute Gasteiger partial charge is 0.481 e. The molecule has 0 spiro atoms. The molecule has 8 heteroatoms. The van der Waals surface area contributed by atoms with Crippen molar-refractivity contribution >= 4 is 21.8 Å². The van der Waals surface area contributed by atoms with Gasteiger partial charge in [-0.2, -0.15) is 0 Å². The number of benzene rings is 1. The third-order valence-electron chi connectivity index (χ3n) is 3.80. The van der Waals surface area contributed by atoms with Crippen molar-refractivity contribution in [3.8, 4) is 0 Å². The van der Waals surface area contributed by atoms with Crippen LogP contribution >= 0.6 is 0 Å². The highest BCUT2D eigenvalue weighted by Crippen LogP contribution is 2.12. The fourth-order valence-corrected chi connectivity index (χ4v) is 3.48. The molecular formula is C17H20N2O5S. The summed E-state index contributed by atoms with van der Waals surface area (Å²) in [6.07, 6.45) is 0.137. The summed E-state index contributed by atoms with van der Waals surface area (Å²) in [5.74, 6) is -1.26. The summed E-state index contributed by atoms with van der Waals surface area (Å²) in [6, 6.07) is 11.5. The number of ketones is 1. The molecule has 1 heterocycles. The van der Waals surface area contributed by atoms with E-state index in [1.54, 1.807) is 41.9 Å². The molecule has 0 unspecified atom stereocenters. The number of carboxylic acids is 1. The highest BCUT2D eigenvalue weighted by atomic mass is 32.2. The van der Waals surface area contributed by atoms with E-state index in [2.05, 4.69) is 4.72 Å². The van der Waals surface area contributed by atoms with Gasteiger partial charge in [0.2, 0.25) is 10.0 Å². The molecule has 2 N–H and O–H groups in total. The maximum atomic E-state index is 12.1. The molecule has 0 aliphatic heterocycles. The number of sulfonamides is 1. The van der Waals surface area contributed by atoms with Gasteiger partial charge >= 0.3 is 5.97 Å². The first-order chi connectivity index (χ1) is 11.8. The molecule has 1 aromatic carbocycles. The Labute approximate surface area is 146 Å². The van der Waals surface area contributed by atoms with Gasteiger partial charge in [0.25, 0.3) is 0 Å². The van der Waals surface area contributed by atoms with E-state index in [0.29, 0.717) is 12.1 Å². The Kier molecular flexibility index (Phi) is 6.11. The van der Waals surface area contributed by atoms with Gasteiger partial charge in [0.1, 0.15) is 0 Å². The maximum absolute atomic E-state index is 12.1. The molecule has 0 saturated carbocycles. The van der Waals surface area contributed by atoms with Gasteiger partial charge in [-0.05, 0) is 24.3 Å². The number of Topliss-reactive ketones (excluding diaryl/α,β-unsaturated/α-hetero) is 1. The number of hydrogen-bond donors (Lipinski definition) is 2.